The monoisotopic (exact) mass is 321 g/mol. The third-order valence-electron chi connectivity index (χ3n) is 3.50. The lowest BCUT2D eigenvalue weighted by molar-refractivity contribution is 0.0788. The minimum atomic E-state index is 0.0120. The second-order valence-corrected chi connectivity index (χ2v) is 7.08. The van der Waals surface area contributed by atoms with Gasteiger partial charge in [0.1, 0.15) is 4.34 Å². The number of aliphatic hydroxyl groups is 1. The van der Waals surface area contributed by atoms with Crippen molar-refractivity contribution in [3.63, 3.8) is 0 Å². The third kappa shape index (κ3) is 3.92. The summed E-state index contributed by atoms with van der Waals surface area (Å²) in [5.74, 6) is 0.0120. The number of rotatable bonds is 7. The number of halogens is 2. The van der Waals surface area contributed by atoms with E-state index in [1.165, 1.54) is 17.8 Å². The summed E-state index contributed by atoms with van der Waals surface area (Å²) in [5, 5.41) is 8.94. The van der Waals surface area contributed by atoms with Crippen molar-refractivity contribution in [1.82, 2.24) is 4.90 Å². The lowest BCUT2D eigenvalue weighted by Crippen LogP contribution is -2.43. The molecule has 1 saturated carbocycles. The van der Waals surface area contributed by atoms with Crippen LogP contribution in [0.3, 0.4) is 0 Å². The van der Waals surface area contributed by atoms with Crippen LogP contribution in [0, 0.1) is 0 Å². The van der Waals surface area contributed by atoms with E-state index in [1.807, 2.05) is 0 Å². The predicted octanol–water partition coefficient (Wildman–Crippen LogP) is 3.47. The van der Waals surface area contributed by atoms with E-state index in [0.717, 1.165) is 19.4 Å². The van der Waals surface area contributed by atoms with Crippen LogP contribution >= 0.6 is 34.5 Å². The van der Waals surface area contributed by atoms with Crippen LogP contribution in [-0.4, -0.2) is 41.5 Å². The van der Waals surface area contributed by atoms with Crippen LogP contribution in [0.15, 0.2) is 6.07 Å². The highest BCUT2D eigenvalue weighted by Gasteiger charge is 2.27. The van der Waals surface area contributed by atoms with Gasteiger partial charge in [-0.3, -0.25) is 9.69 Å². The molecule has 6 heteroatoms. The quantitative estimate of drug-likeness (QED) is 0.782. The first-order valence-corrected chi connectivity index (χ1v) is 8.02. The van der Waals surface area contributed by atoms with Crippen molar-refractivity contribution in [3.8, 4) is 0 Å². The Bertz CT molecular complexity index is 446. The number of aliphatic hydroxyl groups excluding tert-OH is 1. The molecule has 106 valence electrons. The summed E-state index contributed by atoms with van der Waals surface area (Å²) in [7, 11) is 0. The second kappa shape index (κ2) is 7.04. The fourth-order valence-corrected chi connectivity index (χ4v) is 3.72. The van der Waals surface area contributed by atoms with E-state index in [0.29, 0.717) is 33.2 Å². The van der Waals surface area contributed by atoms with Gasteiger partial charge in [-0.15, -0.1) is 11.3 Å². The first kappa shape index (κ1) is 15.3. The van der Waals surface area contributed by atoms with Crippen molar-refractivity contribution in [2.24, 2.45) is 0 Å². The molecular formula is C13H17Cl2NO2S. The highest BCUT2D eigenvalue weighted by molar-refractivity contribution is 7.20. The van der Waals surface area contributed by atoms with Crippen molar-refractivity contribution < 1.29 is 9.90 Å². The zero-order valence-corrected chi connectivity index (χ0v) is 12.9. The van der Waals surface area contributed by atoms with E-state index in [1.54, 1.807) is 6.07 Å². The van der Waals surface area contributed by atoms with Crippen LogP contribution in [0.2, 0.25) is 8.67 Å². The van der Waals surface area contributed by atoms with E-state index in [9.17, 15) is 4.79 Å². The minimum absolute atomic E-state index is 0.0120. The van der Waals surface area contributed by atoms with Crippen LogP contribution < -0.4 is 0 Å². The summed E-state index contributed by atoms with van der Waals surface area (Å²) >= 11 is 13.1. The molecule has 0 aromatic carbocycles. The van der Waals surface area contributed by atoms with Gasteiger partial charge in [-0.2, -0.15) is 0 Å². The van der Waals surface area contributed by atoms with Crippen molar-refractivity contribution in [2.75, 3.05) is 19.7 Å². The lowest BCUT2D eigenvalue weighted by Gasteiger charge is -2.37. The Hall–Kier alpha value is -0.130. The minimum Gasteiger partial charge on any atom is -0.396 e. The van der Waals surface area contributed by atoms with Gasteiger partial charge in [-0.25, -0.2) is 0 Å². The van der Waals surface area contributed by atoms with Gasteiger partial charge in [0.2, 0.25) is 0 Å². The molecule has 2 rings (SSSR count). The Morgan fingerprint density at radius 3 is 2.68 bits per heavy atom. The number of nitrogens with zero attached hydrogens (tertiary/aromatic N) is 1. The largest absolute Gasteiger partial charge is 0.396 e. The zero-order chi connectivity index (χ0) is 13.8. The van der Waals surface area contributed by atoms with Crippen molar-refractivity contribution >= 4 is 40.3 Å². The Morgan fingerprint density at radius 1 is 1.47 bits per heavy atom. The van der Waals surface area contributed by atoms with Gasteiger partial charge in [0.25, 0.3) is 0 Å². The van der Waals surface area contributed by atoms with Gasteiger partial charge in [0.05, 0.1) is 16.4 Å². The van der Waals surface area contributed by atoms with E-state index in [4.69, 9.17) is 28.3 Å². The molecule has 1 aromatic heterocycles. The maximum absolute atomic E-state index is 12.3. The topological polar surface area (TPSA) is 40.5 Å². The molecule has 1 aromatic rings. The molecule has 1 N–H and O–H groups in total. The molecule has 0 aliphatic heterocycles. The summed E-state index contributed by atoms with van der Waals surface area (Å²) in [6, 6.07) is 2.12. The molecule has 0 spiro atoms. The summed E-state index contributed by atoms with van der Waals surface area (Å²) in [6.45, 7) is 1.27. The standard InChI is InChI=1S/C13H17Cl2NO2S/c14-12-7-10(13(15)19-12)11(18)8-16(5-2-6-17)9-3-1-4-9/h7,9,17H,1-6,8H2. The SMILES string of the molecule is O=C(CN(CCCO)C1CCC1)c1cc(Cl)sc1Cl. The van der Waals surface area contributed by atoms with Gasteiger partial charge in [-0.05, 0) is 25.3 Å². The van der Waals surface area contributed by atoms with Gasteiger partial charge in [-0.1, -0.05) is 29.6 Å². The zero-order valence-electron chi connectivity index (χ0n) is 10.6. The smallest absolute Gasteiger partial charge is 0.179 e. The molecule has 1 aliphatic carbocycles. The Labute approximate surface area is 127 Å². The van der Waals surface area contributed by atoms with Gasteiger partial charge >= 0.3 is 0 Å². The number of hydrogen-bond acceptors (Lipinski definition) is 4. The molecule has 1 aliphatic rings. The number of Topliss-reactive ketones (excluding diaryl/α,β-unsaturated/α-hetero) is 1. The van der Waals surface area contributed by atoms with Crippen molar-refractivity contribution in [2.45, 2.75) is 31.7 Å². The highest BCUT2D eigenvalue weighted by atomic mass is 35.5. The average Bonchev–Trinajstić information content (AvgIpc) is 2.63. The molecule has 3 nitrogen and oxygen atoms in total. The summed E-state index contributed by atoms with van der Waals surface area (Å²) < 4.78 is 1.00. The van der Waals surface area contributed by atoms with Crippen LogP contribution in [-0.2, 0) is 0 Å². The van der Waals surface area contributed by atoms with Crippen LogP contribution in [0.25, 0.3) is 0 Å². The normalized spacial score (nSPS) is 15.8. The van der Waals surface area contributed by atoms with Gasteiger partial charge in [0, 0.05) is 19.2 Å². The predicted molar refractivity (Wildman–Crippen MR) is 79.6 cm³/mol. The Morgan fingerprint density at radius 2 is 2.21 bits per heavy atom. The first-order valence-electron chi connectivity index (χ1n) is 6.44. The van der Waals surface area contributed by atoms with Crippen LogP contribution in [0.5, 0.6) is 0 Å². The molecule has 0 amide bonds. The Kier molecular flexibility index (Phi) is 5.66. The molecule has 0 unspecified atom stereocenters. The summed E-state index contributed by atoms with van der Waals surface area (Å²) in [4.78, 5) is 14.4. The van der Waals surface area contributed by atoms with Crippen molar-refractivity contribution in [3.05, 3.63) is 20.3 Å². The molecule has 0 atom stereocenters. The molecule has 0 radical (unpaired) electrons. The molecule has 1 fully saturated rings. The van der Waals surface area contributed by atoms with E-state index >= 15 is 0 Å². The maximum Gasteiger partial charge on any atom is 0.179 e. The lowest BCUT2D eigenvalue weighted by atomic mass is 9.91. The summed E-state index contributed by atoms with van der Waals surface area (Å²) in [5.41, 5.74) is 0.519. The first-order chi connectivity index (χ1) is 9.11. The average molecular weight is 322 g/mol. The van der Waals surface area contributed by atoms with Gasteiger partial charge < -0.3 is 5.11 Å². The van der Waals surface area contributed by atoms with E-state index in [-0.39, 0.29) is 12.4 Å². The van der Waals surface area contributed by atoms with Crippen LogP contribution in [0.4, 0.5) is 0 Å². The van der Waals surface area contributed by atoms with E-state index < -0.39 is 0 Å². The fourth-order valence-electron chi connectivity index (χ4n) is 2.22. The molecule has 0 saturated heterocycles. The number of carbonyl (C=O) groups is 1. The Balaban J connectivity index is 1.99. The summed E-state index contributed by atoms with van der Waals surface area (Å²) in [6.07, 6.45) is 4.19. The molecule has 19 heavy (non-hydrogen) atoms. The number of hydrogen-bond donors (Lipinski definition) is 1. The highest BCUT2D eigenvalue weighted by Crippen LogP contribution is 2.32. The maximum atomic E-state index is 12.3. The van der Waals surface area contributed by atoms with E-state index in [2.05, 4.69) is 4.90 Å². The molecular weight excluding hydrogens is 305 g/mol. The number of thiophene rings is 1. The molecule has 0 bridgehead atoms. The number of ketones is 1. The fraction of sp³-hybridized carbons (Fsp3) is 0.615. The van der Waals surface area contributed by atoms with Gasteiger partial charge in [0.15, 0.2) is 5.78 Å². The third-order valence-corrected chi connectivity index (χ3v) is 4.99. The molecule has 1 heterocycles. The second-order valence-electron chi connectivity index (χ2n) is 4.79. The van der Waals surface area contributed by atoms with Crippen molar-refractivity contribution in [1.29, 1.82) is 0 Å². The number of carbonyl (C=O) groups excluding carboxylic acids is 1. The van der Waals surface area contributed by atoms with Crippen LogP contribution in [0.1, 0.15) is 36.0 Å².